The molecule has 0 saturated carbocycles. The van der Waals surface area contributed by atoms with Gasteiger partial charge in [-0.3, -0.25) is 9.69 Å². The number of piperazine rings is 1. The van der Waals surface area contributed by atoms with Crippen LogP contribution in [0.25, 0.3) is 0 Å². The van der Waals surface area contributed by atoms with Gasteiger partial charge in [-0.15, -0.1) is 0 Å². The molecule has 0 radical (unpaired) electrons. The number of anilines is 2. The molecule has 0 unspecified atom stereocenters. The van der Waals surface area contributed by atoms with E-state index in [4.69, 9.17) is 0 Å². The summed E-state index contributed by atoms with van der Waals surface area (Å²) in [6, 6.07) is 12.6. The highest BCUT2D eigenvalue weighted by Gasteiger charge is 2.22. The van der Waals surface area contributed by atoms with Crippen LogP contribution in [0.1, 0.15) is 16.7 Å². The lowest BCUT2D eigenvalue weighted by Gasteiger charge is -2.36. The van der Waals surface area contributed by atoms with Crippen LogP contribution in [0.3, 0.4) is 0 Å². The number of carbonyl (C=O) groups excluding carboxylic acids is 1. The number of aryl methyl sites for hydroxylation is 2. The summed E-state index contributed by atoms with van der Waals surface area (Å²) in [5, 5.41) is 12.2. The Balaban J connectivity index is 1.58. The average Bonchev–Trinajstić information content (AvgIpc) is 2.65. The molecule has 1 N–H and O–H groups in total. The topological polar surface area (TPSA) is 59.4 Å². The van der Waals surface area contributed by atoms with Crippen molar-refractivity contribution in [1.29, 1.82) is 5.26 Å². The third-order valence-electron chi connectivity index (χ3n) is 4.93. The van der Waals surface area contributed by atoms with Gasteiger partial charge in [0, 0.05) is 31.9 Å². The molecule has 0 aliphatic carbocycles. The van der Waals surface area contributed by atoms with Gasteiger partial charge in [0.25, 0.3) is 0 Å². The average molecular weight is 366 g/mol. The molecule has 3 rings (SSSR count). The van der Waals surface area contributed by atoms with E-state index in [-0.39, 0.29) is 11.5 Å². The maximum absolute atomic E-state index is 13.8. The first-order valence-corrected chi connectivity index (χ1v) is 9.01. The number of halogens is 1. The summed E-state index contributed by atoms with van der Waals surface area (Å²) in [7, 11) is 0. The summed E-state index contributed by atoms with van der Waals surface area (Å²) in [5.74, 6) is -0.533. The number of para-hydroxylation sites is 1. The van der Waals surface area contributed by atoms with E-state index in [1.54, 1.807) is 12.1 Å². The number of carbonyl (C=O) groups is 1. The van der Waals surface area contributed by atoms with Gasteiger partial charge in [-0.1, -0.05) is 24.3 Å². The van der Waals surface area contributed by atoms with Crippen molar-refractivity contribution in [3.63, 3.8) is 0 Å². The number of amides is 1. The van der Waals surface area contributed by atoms with Crippen LogP contribution in [0, 0.1) is 31.0 Å². The minimum Gasteiger partial charge on any atom is -0.368 e. The number of nitriles is 1. The van der Waals surface area contributed by atoms with Crippen LogP contribution >= 0.6 is 0 Å². The van der Waals surface area contributed by atoms with Crippen LogP contribution in [0.5, 0.6) is 0 Å². The van der Waals surface area contributed by atoms with Gasteiger partial charge in [-0.25, -0.2) is 4.39 Å². The minimum atomic E-state index is -0.495. The molecule has 140 valence electrons. The van der Waals surface area contributed by atoms with Crippen LogP contribution in [0.15, 0.2) is 36.4 Å². The number of hydrogen-bond acceptors (Lipinski definition) is 4. The Morgan fingerprint density at radius 3 is 2.37 bits per heavy atom. The van der Waals surface area contributed by atoms with Crippen LogP contribution in [0.4, 0.5) is 15.8 Å². The number of nitrogens with one attached hydrogen (secondary N) is 1. The Labute approximate surface area is 159 Å². The zero-order valence-corrected chi connectivity index (χ0v) is 15.6. The summed E-state index contributed by atoms with van der Waals surface area (Å²) in [4.78, 5) is 16.5. The first-order valence-electron chi connectivity index (χ1n) is 9.01. The zero-order valence-electron chi connectivity index (χ0n) is 15.6. The molecule has 27 heavy (non-hydrogen) atoms. The number of benzene rings is 2. The lowest BCUT2D eigenvalue weighted by molar-refractivity contribution is -0.117. The molecule has 2 aromatic carbocycles. The highest BCUT2D eigenvalue weighted by molar-refractivity contribution is 5.93. The van der Waals surface area contributed by atoms with E-state index in [2.05, 4.69) is 10.2 Å². The lowest BCUT2D eigenvalue weighted by Crippen LogP contribution is -2.49. The van der Waals surface area contributed by atoms with Crippen molar-refractivity contribution in [2.24, 2.45) is 0 Å². The fourth-order valence-corrected chi connectivity index (χ4v) is 3.43. The Morgan fingerprint density at radius 2 is 1.74 bits per heavy atom. The molecule has 1 saturated heterocycles. The first kappa shape index (κ1) is 18.9. The van der Waals surface area contributed by atoms with E-state index >= 15 is 0 Å². The van der Waals surface area contributed by atoms with Crippen LogP contribution in [0.2, 0.25) is 0 Å². The molecular weight excluding hydrogens is 343 g/mol. The van der Waals surface area contributed by atoms with Gasteiger partial charge in [0.2, 0.25) is 5.91 Å². The largest absolute Gasteiger partial charge is 0.368 e. The molecule has 1 aliphatic heterocycles. The second kappa shape index (κ2) is 8.19. The highest BCUT2D eigenvalue weighted by atomic mass is 19.1. The monoisotopic (exact) mass is 366 g/mol. The zero-order chi connectivity index (χ0) is 19.4. The molecule has 6 heteroatoms. The predicted molar refractivity (Wildman–Crippen MR) is 104 cm³/mol. The van der Waals surface area contributed by atoms with Gasteiger partial charge in [0.1, 0.15) is 17.4 Å². The van der Waals surface area contributed by atoms with Crippen molar-refractivity contribution >= 4 is 17.3 Å². The smallest absolute Gasteiger partial charge is 0.238 e. The molecule has 1 amide bonds. The van der Waals surface area contributed by atoms with Gasteiger partial charge in [0.05, 0.1) is 12.2 Å². The molecule has 0 atom stereocenters. The maximum atomic E-state index is 13.8. The van der Waals surface area contributed by atoms with E-state index in [9.17, 15) is 14.4 Å². The van der Waals surface area contributed by atoms with E-state index in [0.717, 1.165) is 16.8 Å². The van der Waals surface area contributed by atoms with Gasteiger partial charge >= 0.3 is 0 Å². The van der Waals surface area contributed by atoms with Crippen LogP contribution in [-0.4, -0.2) is 43.5 Å². The Kier molecular flexibility index (Phi) is 5.72. The molecule has 0 aromatic heterocycles. The standard InChI is InChI=1S/C21H23FN4O/c1-15-5-3-6-16(2)21(15)24-20(27)14-25-9-11-26(12-10-25)19-8-4-7-18(22)17(19)13-23/h3-8H,9-12,14H2,1-2H3,(H,24,27). The fraction of sp³-hybridized carbons (Fsp3) is 0.333. The van der Waals surface area contributed by atoms with Crippen molar-refractivity contribution in [1.82, 2.24) is 4.90 Å². The molecular formula is C21H23FN4O. The summed E-state index contributed by atoms with van der Waals surface area (Å²) >= 11 is 0. The Bertz CT molecular complexity index is 862. The molecule has 0 bridgehead atoms. The van der Waals surface area contributed by atoms with E-state index < -0.39 is 5.82 Å². The third kappa shape index (κ3) is 4.26. The van der Waals surface area contributed by atoms with Crippen molar-refractivity contribution in [2.75, 3.05) is 42.9 Å². The Hall–Kier alpha value is -2.91. The SMILES string of the molecule is Cc1cccc(C)c1NC(=O)CN1CCN(c2cccc(F)c2C#N)CC1. The van der Waals surface area contributed by atoms with Crippen LogP contribution in [-0.2, 0) is 4.79 Å². The van der Waals surface area contributed by atoms with Crippen LogP contribution < -0.4 is 10.2 Å². The molecule has 5 nitrogen and oxygen atoms in total. The molecule has 2 aromatic rings. The summed E-state index contributed by atoms with van der Waals surface area (Å²) in [6.07, 6.45) is 0. The van der Waals surface area contributed by atoms with Crippen molar-refractivity contribution in [2.45, 2.75) is 13.8 Å². The quantitative estimate of drug-likeness (QED) is 0.903. The third-order valence-corrected chi connectivity index (χ3v) is 4.93. The van der Waals surface area contributed by atoms with Gasteiger partial charge in [-0.2, -0.15) is 5.26 Å². The minimum absolute atomic E-state index is 0.0377. The van der Waals surface area contributed by atoms with E-state index in [1.165, 1.54) is 6.07 Å². The maximum Gasteiger partial charge on any atom is 0.238 e. The summed E-state index contributed by atoms with van der Waals surface area (Å²) in [6.45, 7) is 6.93. The fourth-order valence-electron chi connectivity index (χ4n) is 3.43. The second-order valence-corrected chi connectivity index (χ2v) is 6.82. The predicted octanol–water partition coefficient (Wildman–Crippen LogP) is 3.07. The normalized spacial score (nSPS) is 14.7. The van der Waals surface area contributed by atoms with E-state index in [0.29, 0.717) is 38.4 Å². The molecule has 1 aliphatic rings. The lowest BCUT2D eigenvalue weighted by atomic mass is 10.1. The van der Waals surface area contributed by atoms with Crippen molar-refractivity contribution in [3.8, 4) is 6.07 Å². The highest BCUT2D eigenvalue weighted by Crippen LogP contribution is 2.24. The first-order chi connectivity index (χ1) is 13.0. The number of rotatable bonds is 4. The summed E-state index contributed by atoms with van der Waals surface area (Å²) in [5.41, 5.74) is 3.67. The van der Waals surface area contributed by atoms with Gasteiger partial charge in [0.15, 0.2) is 0 Å². The van der Waals surface area contributed by atoms with Gasteiger partial charge in [-0.05, 0) is 37.1 Å². The Morgan fingerprint density at radius 1 is 1.11 bits per heavy atom. The number of hydrogen-bond donors (Lipinski definition) is 1. The molecule has 0 spiro atoms. The molecule has 1 fully saturated rings. The van der Waals surface area contributed by atoms with Crippen molar-refractivity contribution in [3.05, 3.63) is 58.9 Å². The van der Waals surface area contributed by atoms with Crippen molar-refractivity contribution < 1.29 is 9.18 Å². The van der Waals surface area contributed by atoms with E-state index in [1.807, 2.05) is 43.0 Å². The summed E-state index contributed by atoms with van der Waals surface area (Å²) < 4.78 is 13.8. The second-order valence-electron chi connectivity index (χ2n) is 6.82. The van der Waals surface area contributed by atoms with Gasteiger partial charge < -0.3 is 10.2 Å². The molecule has 1 heterocycles. The number of nitrogens with zero attached hydrogens (tertiary/aromatic N) is 3.